The average Bonchev–Trinajstić information content (AvgIpc) is 2.56. The van der Waals surface area contributed by atoms with Gasteiger partial charge in [-0.3, -0.25) is 9.59 Å². The first kappa shape index (κ1) is 23.3. The predicted octanol–water partition coefficient (Wildman–Crippen LogP) is 2.22. The summed E-state index contributed by atoms with van der Waals surface area (Å²) in [5, 5.41) is 14.2. The lowest BCUT2D eigenvalue weighted by molar-refractivity contribution is -0.166. The maximum absolute atomic E-state index is 12.2. The van der Waals surface area contributed by atoms with Gasteiger partial charge in [0.15, 0.2) is 0 Å². The number of carbonyl (C=O) groups excluding carboxylic acids is 2. The molecule has 6 nitrogen and oxygen atoms in total. The van der Waals surface area contributed by atoms with Crippen molar-refractivity contribution in [2.75, 3.05) is 14.2 Å². The van der Waals surface area contributed by atoms with Crippen LogP contribution in [-0.4, -0.2) is 49.5 Å². The lowest BCUT2D eigenvalue weighted by atomic mass is 9.74. The van der Waals surface area contributed by atoms with E-state index in [0.717, 1.165) is 38.5 Å². The lowest BCUT2D eigenvalue weighted by Crippen LogP contribution is -2.63. The molecule has 0 aromatic carbocycles. The van der Waals surface area contributed by atoms with Gasteiger partial charge in [-0.1, -0.05) is 39.5 Å². The minimum Gasteiger partial charge on any atom is -0.469 e. The van der Waals surface area contributed by atoms with Gasteiger partial charge in [0, 0.05) is 12.1 Å². The number of hydrogen-bond acceptors (Lipinski definition) is 6. The Morgan fingerprint density at radius 2 is 1.29 bits per heavy atom. The quantitative estimate of drug-likeness (QED) is 0.597. The number of piperidine rings is 1. The molecular weight excluding hydrogens is 378 g/mol. The van der Waals surface area contributed by atoms with Crippen LogP contribution in [-0.2, 0) is 19.1 Å². The molecule has 4 unspecified atom stereocenters. The summed E-state index contributed by atoms with van der Waals surface area (Å²) in [4.78, 5) is 24.3. The van der Waals surface area contributed by atoms with E-state index >= 15 is 0 Å². The summed E-state index contributed by atoms with van der Waals surface area (Å²) in [5.74, 6) is -2.44. The largest absolute Gasteiger partial charge is 0.469 e. The molecule has 0 aliphatic carbocycles. The number of halogens is 1. The molecule has 0 aromatic rings. The Labute approximate surface area is 155 Å². The SMILES string of the molecule is Br.CCCCC1NC(CCCC)C(C(=O)OC)C(O)C1C(=O)OC. The fraction of sp³-hybridized carbons (Fsp3) is 0.882. The zero-order valence-corrected chi connectivity index (χ0v) is 16.8. The molecule has 0 radical (unpaired) electrons. The highest BCUT2D eigenvalue weighted by atomic mass is 79.9. The average molecular weight is 410 g/mol. The van der Waals surface area contributed by atoms with Crippen molar-refractivity contribution in [3.8, 4) is 0 Å². The molecule has 24 heavy (non-hydrogen) atoms. The van der Waals surface area contributed by atoms with Gasteiger partial charge in [0.05, 0.1) is 32.2 Å². The van der Waals surface area contributed by atoms with Crippen LogP contribution in [0, 0.1) is 11.8 Å². The molecule has 0 bridgehead atoms. The molecule has 7 heteroatoms. The second-order valence-corrected chi connectivity index (χ2v) is 6.25. The molecule has 1 heterocycles. The van der Waals surface area contributed by atoms with Gasteiger partial charge >= 0.3 is 11.9 Å². The first-order valence-corrected chi connectivity index (χ1v) is 8.61. The van der Waals surface area contributed by atoms with E-state index in [1.54, 1.807) is 0 Å². The summed E-state index contributed by atoms with van der Waals surface area (Å²) in [6.07, 6.45) is 4.35. The zero-order chi connectivity index (χ0) is 17.4. The Kier molecular flexibility index (Phi) is 11.5. The second-order valence-electron chi connectivity index (χ2n) is 6.25. The molecule has 0 aromatic heterocycles. The number of carbonyl (C=O) groups is 2. The summed E-state index contributed by atoms with van der Waals surface area (Å²) in [7, 11) is 2.62. The van der Waals surface area contributed by atoms with Gasteiger partial charge in [-0.15, -0.1) is 17.0 Å². The number of methoxy groups -OCH3 is 2. The summed E-state index contributed by atoms with van der Waals surface area (Å²) in [5.41, 5.74) is 0. The monoisotopic (exact) mass is 409 g/mol. The van der Waals surface area contributed by atoms with Crippen molar-refractivity contribution >= 4 is 28.9 Å². The van der Waals surface area contributed by atoms with Crippen molar-refractivity contribution in [2.24, 2.45) is 11.8 Å². The lowest BCUT2D eigenvalue weighted by Gasteiger charge is -2.43. The van der Waals surface area contributed by atoms with Crippen molar-refractivity contribution < 1.29 is 24.2 Å². The zero-order valence-electron chi connectivity index (χ0n) is 15.1. The van der Waals surface area contributed by atoms with Crippen LogP contribution in [0.3, 0.4) is 0 Å². The number of ether oxygens (including phenoxy) is 2. The predicted molar refractivity (Wildman–Crippen MR) is 97.1 cm³/mol. The molecule has 2 N–H and O–H groups in total. The van der Waals surface area contributed by atoms with Crippen LogP contribution in [0.2, 0.25) is 0 Å². The molecule has 1 rings (SSSR count). The summed E-state index contributed by atoms with van der Waals surface area (Å²) in [6.45, 7) is 4.16. The summed E-state index contributed by atoms with van der Waals surface area (Å²) in [6, 6.07) is -0.361. The fourth-order valence-electron chi connectivity index (χ4n) is 3.44. The van der Waals surface area contributed by atoms with Crippen LogP contribution in [0.1, 0.15) is 52.4 Å². The maximum Gasteiger partial charge on any atom is 0.312 e. The Bertz CT molecular complexity index is 359. The van der Waals surface area contributed by atoms with Gasteiger partial charge in [0.1, 0.15) is 0 Å². The van der Waals surface area contributed by atoms with Gasteiger partial charge in [-0.25, -0.2) is 0 Å². The van der Waals surface area contributed by atoms with Crippen molar-refractivity contribution in [2.45, 2.75) is 70.6 Å². The molecule has 0 amide bonds. The molecule has 1 aliphatic heterocycles. The molecule has 1 fully saturated rings. The Balaban J connectivity index is 0.00000529. The van der Waals surface area contributed by atoms with E-state index in [9.17, 15) is 14.7 Å². The van der Waals surface area contributed by atoms with E-state index in [4.69, 9.17) is 9.47 Å². The molecule has 4 atom stereocenters. The minimum absolute atomic E-state index is 0. The molecule has 0 spiro atoms. The first-order valence-electron chi connectivity index (χ1n) is 8.61. The maximum atomic E-state index is 12.2. The van der Waals surface area contributed by atoms with E-state index < -0.39 is 29.9 Å². The standard InChI is InChI=1S/C17H31NO5.BrH/c1-5-7-9-11-13(16(20)22-3)15(19)14(17(21)23-4)12(18-11)10-8-6-2;/h11-15,18-19H,5-10H2,1-4H3;1H. The van der Waals surface area contributed by atoms with Crippen molar-refractivity contribution in [1.29, 1.82) is 0 Å². The van der Waals surface area contributed by atoms with E-state index in [0.29, 0.717) is 0 Å². The molecular formula is C17H32BrNO5. The van der Waals surface area contributed by atoms with Gasteiger partial charge in [0.25, 0.3) is 0 Å². The third kappa shape index (κ3) is 5.70. The Morgan fingerprint density at radius 1 is 0.917 bits per heavy atom. The smallest absolute Gasteiger partial charge is 0.312 e. The molecule has 142 valence electrons. The highest BCUT2D eigenvalue weighted by Gasteiger charge is 2.50. The molecule has 1 aliphatic rings. The minimum atomic E-state index is -1.08. The van der Waals surface area contributed by atoms with E-state index in [1.807, 2.05) is 0 Å². The normalized spacial score (nSPS) is 29.5. The number of hydrogen-bond donors (Lipinski definition) is 2. The van der Waals surface area contributed by atoms with Crippen LogP contribution in [0.15, 0.2) is 0 Å². The van der Waals surface area contributed by atoms with Gasteiger partial charge in [-0.2, -0.15) is 0 Å². The van der Waals surface area contributed by atoms with E-state index in [1.165, 1.54) is 14.2 Å². The van der Waals surface area contributed by atoms with Gasteiger partial charge < -0.3 is 19.9 Å². The van der Waals surface area contributed by atoms with Gasteiger partial charge in [-0.05, 0) is 12.8 Å². The highest BCUT2D eigenvalue weighted by molar-refractivity contribution is 8.93. The van der Waals surface area contributed by atoms with Crippen LogP contribution in [0.5, 0.6) is 0 Å². The topological polar surface area (TPSA) is 84.9 Å². The van der Waals surface area contributed by atoms with Crippen molar-refractivity contribution in [1.82, 2.24) is 5.32 Å². The van der Waals surface area contributed by atoms with Crippen LogP contribution in [0.4, 0.5) is 0 Å². The van der Waals surface area contributed by atoms with E-state index in [2.05, 4.69) is 19.2 Å². The van der Waals surface area contributed by atoms with Gasteiger partial charge in [0.2, 0.25) is 0 Å². The number of aliphatic hydroxyl groups is 1. The van der Waals surface area contributed by atoms with Crippen molar-refractivity contribution in [3.63, 3.8) is 0 Å². The third-order valence-electron chi connectivity index (χ3n) is 4.72. The number of nitrogens with one attached hydrogen (secondary N) is 1. The second kappa shape index (κ2) is 11.8. The first-order chi connectivity index (χ1) is 11.0. The number of rotatable bonds is 8. The van der Waals surface area contributed by atoms with Crippen molar-refractivity contribution in [3.05, 3.63) is 0 Å². The highest BCUT2D eigenvalue weighted by Crippen LogP contribution is 2.32. The Morgan fingerprint density at radius 3 is 1.58 bits per heavy atom. The molecule has 1 saturated heterocycles. The fourth-order valence-corrected chi connectivity index (χ4v) is 3.44. The number of unbranched alkanes of at least 4 members (excludes halogenated alkanes) is 2. The molecule has 0 saturated carbocycles. The van der Waals surface area contributed by atoms with Crippen LogP contribution >= 0.6 is 17.0 Å². The van der Waals surface area contributed by atoms with Crippen LogP contribution < -0.4 is 5.32 Å². The Hall–Kier alpha value is -0.660. The third-order valence-corrected chi connectivity index (χ3v) is 4.72. The van der Waals surface area contributed by atoms with Crippen LogP contribution in [0.25, 0.3) is 0 Å². The number of aliphatic hydroxyl groups excluding tert-OH is 1. The number of esters is 2. The summed E-state index contributed by atoms with van der Waals surface area (Å²) < 4.78 is 9.71. The van der Waals surface area contributed by atoms with E-state index in [-0.39, 0.29) is 29.1 Å². The summed E-state index contributed by atoms with van der Waals surface area (Å²) >= 11 is 0.